The van der Waals surface area contributed by atoms with Gasteiger partial charge in [0, 0.05) is 9.92 Å². The van der Waals surface area contributed by atoms with Crippen LogP contribution in [-0.2, 0) is 11.7 Å². The summed E-state index contributed by atoms with van der Waals surface area (Å²) in [6.07, 6.45) is -4.56. The Morgan fingerprint density at radius 3 is 2.32 bits per heavy atom. The van der Waals surface area contributed by atoms with Crippen LogP contribution >= 0.6 is 23.4 Å². The maximum Gasteiger partial charge on any atom is 0.416 e. The molecule has 2 aromatic carbocycles. The van der Waals surface area contributed by atoms with Gasteiger partial charge in [0.05, 0.1) is 27.3 Å². The standard InChI is InChI=1S/C22H20ClF3N2O2S/c1-13-18(31-17-10-8-16(23)9-11-17)19(28(27-13)21(2,3)4)30-20(29)14-6-5-7-15(12-14)22(24,25)26/h5-12H,1-4H3. The van der Waals surface area contributed by atoms with E-state index in [4.69, 9.17) is 16.3 Å². The summed E-state index contributed by atoms with van der Waals surface area (Å²) in [4.78, 5) is 14.2. The largest absolute Gasteiger partial charge is 0.416 e. The Kier molecular flexibility index (Phi) is 6.43. The zero-order valence-corrected chi connectivity index (χ0v) is 18.8. The minimum atomic E-state index is -4.56. The summed E-state index contributed by atoms with van der Waals surface area (Å²) in [5, 5.41) is 5.10. The van der Waals surface area contributed by atoms with Crippen molar-refractivity contribution in [3.63, 3.8) is 0 Å². The Morgan fingerprint density at radius 1 is 1.10 bits per heavy atom. The van der Waals surface area contributed by atoms with E-state index in [0.717, 1.165) is 17.0 Å². The summed E-state index contributed by atoms with van der Waals surface area (Å²) in [7, 11) is 0. The van der Waals surface area contributed by atoms with E-state index in [1.54, 1.807) is 23.7 Å². The molecular weight excluding hydrogens is 449 g/mol. The van der Waals surface area contributed by atoms with Gasteiger partial charge in [-0.15, -0.1) is 0 Å². The third-order valence-electron chi connectivity index (χ3n) is 4.25. The summed E-state index contributed by atoms with van der Waals surface area (Å²) in [6, 6.07) is 11.3. The van der Waals surface area contributed by atoms with Crippen molar-refractivity contribution in [1.82, 2.24) is 9.78 Å². The average molecular weight is 469 g/mol. The maximum absolute atomic E-state index is 13.0. The van der Waals surface area contributed by atoms with Gasteiger partial charge < -0.3 is 4.74 Å². The number of alkyl halides is 3. The van der Waals surface area contributed by atoms with E-state index in [-0.39, 0.29) is 11.4 Å². The number of halogens is 4. The fourth-order valence-electron chi connectivity index (χ4n) is 2.74. The van der Waals surface area contributed by atoms with E-state index in [9.17, 15) is 18.0 Å². The fraction of sp³-hybridized carbons (Fsp3) is 0.273. The van der Waals surface area contributed by atoms with Gasteiger partial charge in [0.25, 0.3) is 0 Å². The number of nitrogens with zero attached hydrogens (tertiary/aromatic N) is 2. The SMILES string of the molecule is Cc1nn(C(C)(C)C)c(OC(=O)c2cccc(C(F)(F)F)c2)c1Sc1ccc(Cl)cc1. The second-order valence-corrected chi connectivity index (χ2v) is 9.35. The van der Waals surface area contributed by atoms with E-state index >= 15 is 0 Å². The topological polar surface area (TPSA) is 44.1 Å². The summed E-state index contributed by atoms with van der Waals surface area (Å²) in [5.74, 6) is -0.721. The van der Waals surface area contributed by atoms with Gasteiger partial charge in [-0.2, -0.15) is 18.3 Å². The van der Waals surface area contributed by atoms with Gasteiger partial charge in [-0.3, -0.25) is 0 Å². The second kappa shape index (κ2) is 8.59. The van der Waals surface area contributed by atoms with Crippen LogP contribution in [0.4, 0.5) is 13.2 Å². The molecule has 0 aliphatic carbocycles. The first-order chi connectivity index (χ1) is 14.4. The Bertz CT molecular complexity index is 1100. The quantitative estimate of drug-likeness (QED) is 0.387. The molecule has 0 unspecified atom stereocenters. The van der Waals surface area contributed by atoms with Gasteiger partial charge in [-0.25, -0.2) is 9.48 Å². The molecule has 0 atom stereocenters. The summed E-state index contributed by atoms with van der Waals surface area (Å²) in [5.41, 5.74) is -1.02. The highest BCUT2D eigenvalue weighted by molar-refractivity contribution is 7.99. The van der Waals surface area contributed by atoms with E-state index < -0.39 is 23.2 Å². The van der Waals surface area contributed by atoms with Crippen molar-refractivity contribution in [2.75, 3.05) is 0 Å². The third kappa shape index (κ3) is 5.43. The summed E-state index contributed by atoms with van der Waals surface area (Å²) < 4.78 is 46.3. The number of ether oxygens (including phenoxy) is 1. The molecule has 0 fully saturated rings. The molecular formula is C22H20ClF3N2O2S. The monoisotopic (exact) mass is 468 g/mol. The zero-order valence-electron chi connectivity index (χ0n) is 17.2. The average Bonchev–Trinajstić information content (AvgIpc) is 2.99. The summed E-state index contributed by atoms with van der Waals surface area (Å²) >= 11 is 7.28. The number of carbonyl (C=O) groups is 1. The number of esters is 1. The number of benzene rings is 2. The molecule has 0 bridgehead atoms. The minimum absolute atomic E-state index is 0.173. The van der Waals surface area contributed by atoms with Crippen LogP contribution in [0.3, 0.4) is 0 Å². The highest BCUT2D eigenvalue weighted by Crippen LogP contribution is 2.40. The van der Waals surface area contributed by atoms with Crippen LogP contribution in [0.2, 0.25) is 5.02 Å². The molecule has 1 aromatic heterocycles. The van der Waals surface area contributed by atoms with Crippen molar-refractivity contribution in [2.24, 2.45) is 0 Å². The van der Waals surface area contributed by atoms with Crippen molar-refractivity contribution in [1.29, 1.82) is 0 Å². The second-order valence-electron chi connectivity index (χ2n) is 7.83. The fourth-order valence-corrected chi connectivity index (χ4v) is 3.78. The molecule has 0 aliphatic rings. The highest BCUT2D eigenvalue weighted by Gasteiger charge is 2.32. The van der Waals surface area contributed by atoms with Crippen LogP contribution in [-0.4, -0.2) is 15.7 Å². The van der Waals surface area contributed by atoms with E-state index in [0.29, 0.717) is 15.6 Å². The van der Waals surface area contributed by atoms with Crippen molar-refractivity contribution in [3.8, 4) is 5.88 Å². The molecule has 0 radical (unpaired) electrons. The number of aryl methyl sites for hydroxylation is 1. The molecule has 9 heteroatoms. The van der Waals surface area contributed by atoms with Crippen molar-refractivity contribution < 1.29 is 22.7 Å². The molecule has 0 saturated carbocycles. The highest BCUT2D eigenvalue weighted by atomic mass is 35.5. The molecule has 0 spiro atoms. The molecule has 31 heavy (non-hydrogen) atoms. The van der Waals surface area contributed by atoms with E-state index in [1.165, 1.54) is 23.9 Å². The molecule has 3 rings (SSSR count). The number of carbonyl (C=O) groups excluding carboxylic acids is 1. The first-order valence-corrected chi connectivity index (χ1v) is 10.5. The molecule has 1 heterocycles. The number of rotatable bonds is 4. The van der Waals surface area contributed by atoms with Gasteiger partial charge in [-0.05, 0) is 70.2 Å². The number of aromatic nitrogens is 2. The number of hydrogen-bond donors (Lipinski definition) is 0. The van der Waals surface area contributed by atoms with Crippen LogP contribution in [0.1, 0.15) is 42.4 Å². The van der Waals surface area contributed by atoms with Crippen LogP contribution in [0.15, 0.2) is 58.3 Å². The molecule has 0 saturated heterocycles. The molecule has 4 nitrogen and oxygen atoms in total. The van der Waals surface area contributed by atoms with Gasteiger partial charge in [-0.1, -0.05) is 29.4 Å². The van der Waals surface area contributed by atoms with E-state index in [1.807, 2.05) is 32.9 Å². The van der Waals surface area contributed by atoms with Gasteiger partial charge >= 0.3 is 12.1 Å². The van der Waals surface area contributed by atoms with Crippen LogP contribution in [0.5, 0.6) is 5.88 Å². The predicted molar refractivity (Wildman–Crippen MR) is 114 cm³/mol. The normalized spacial score (nSPS) is 12.1. The molecule has 0 N–H and O–H groups in total. The molecule has 0 aliphatic heterocycles. The van der Waals surface area contributed by atoms with Gasteiger partial charge in [0.1, 0.15) is 0 Å². The Morgan fingerprint density at radius 2 is 1.74 bits per heavy atom. The molecule has 164 valence electrons. The lowest BCUT2D eigenvalue weighted by Gasteiger charge is -2.22. The van der Waals surface area contributed by atoms with Crippen molar-refractivity contribution >= 4 is 29.3 Å². The predicted octanol–water partition coefficient (Wildman–Crippen LogP) is 6.99. The lowest BCUT2D eigenvalue weighted by atomic mass is 10.1. The van der Waals surface area contributed by atoms with Crippen LogP contribution in [0.25, 0.3) is 0 Å². The smallest absolute Gasteiger partial charge is 0.403 e. The zero-order chi connectivity index (χ0) is 23.0. The minimum Gasteiger partial charge on any atom is -0.403 e. The first-order valence-electron chi connectivity index (χ1n) is 9.29. The first kappa shape index (κ1) is 23.2. The number of hydrogen-bond acceptors (Lipinski definition) is 4. The van der Waals surface area contributed by atoms with Crippen LogP contribution in [0, 0.1) is 6.92 Å². The third-order valence-corrected chi connectivity index (χ3v) is 5.68. The van der Waals surface area contributed by atoms with Gasteiger partial charge in [0.2, 0.25) is 5.88 Å². The molecule has 0 amide bonds. The maximum atomic E-state index is 13.0. The lowest BCUT2D eigenvalue weighted by Crippen LogP contribution is -2.25. The van der Waals surface area contributed by atoms with Gasteiger partial charge in [0.15, 0.2) is 0 Å². The summed E-state index contributed by atoms with van der Waals surface area (Å²) in [6.45, 7) is 7.44. The Hall–Kier alpha value is -2.45. The van der Waals surface area contributed by atoms with Crippen LogP contribution < -0.4 is 4.74 Å². The molecule has 3 aromatic rings. The van der Waals surface area contributed by atoms with Crippen molar-refractivity contribution in [2.45, 2.75) is 49.2 Å². The van der Waals surface area contributed by atoms with Crippen molar-refractivity contribution in [3.05, 3.63) is 70.4 Å². The van der Waals surface area contributed by atoms with E-state index in [2.05, 4.69) is 5.10 Å². The Balaban J connectivity index is 2.01. The Labute approximate surface area is 187 Å². The lowest BCUT2D eigenvalue weighted by molar-refractivity contribution is -0.137.